The van der Waals surface area contributed by atoms with Gasteiger partial charge in [0, 0.05) is 20.8 Å². The Kier molecular flexibility index (Phi) is 3.96. The van der Waals surface area contributed by atoms with Crippen molar-refractivity contribution in [1.29, 1.82) is 0 Å². The van der Waals surface area contributed by atoms with E-state index in [1.807, 2.05) is 0 Å². The highest BCUT2D eigenvalue weighted by Gasteiger charge is 2.31. The second kappa shape index (κ2) is 4.80. The summed E-state index contributed by atoms with van der Waals surface area (Å²) < 4.78 is 37.9. The van der Waals surface area contributed by atoms with Gasteiger partial charge in [-0.2, -0.15) is 13.2 Å². The van der Waals surface area contributed by atoms with Gasteiger partial charge in [0.05, 0.1) is 16.1 Å². The molecule has 0 heterocycles. The van der Waals surface area contributed by atoms with E-state index in [0.29, 0.717) is 4.74 Å². The second-order valence-electron chi connectivity index (χ2n) is 4.86. The summed E-state index contributed by atoms with van der Waals surface area (Å²) in [5.74, 6) is 0. The van der Waals surface area contributed by atoms with Crippen LogP contribution in [-0.4, -0.2) is 16.5 Å². The maximum atomic E-state index is 12.4. The molecule has 1 rings (SSSR count). The maximum Gasteiger partial charge on any atom is 0.416 e. The van der Waals surface area contributed by atoms with Gasteiger partial charge in [0.1, 0.15) is 0 Å². The highest BCUT2D eigenvalue weighted by atomic mass is 35.5. The van der Waals surface area contributed by atoms with E-state index in [0.717, 1.165) is 12.1 Å². The predicted molar refractivity (Wildman–Crippen MR) is 65.0 cm³/mol. The van der Waals surface area contributed by atoms with E-state index in [2.05, 4.69) is 0 Å². The van der Waals surface area contributed by atoms with E-state index in [4.69, 9.17) is 11.6 Å². The van der Waals surface area contributed by atoms with Gasteiger partial charge in [0.2, 0.25) is 0 Å². The van der Waals surface area contributed by atoms with Crippen LogP contribution in [0.3, 0.4) is 0 Å². The van der Waals surface area contributed by atoms with Gasteiger partial charge in [-0.05, 0) is 18.2 Å². The molecule has 0 spiro atoms. The van der Waals surface area contributed by atoms with Crippen molar-refractivity contribution in [2.75, 3.05) is 0 Å². The number of halogens is 4. The van der Waals surface area contributed by atoms with E-state index >= 15 is 0 Å². The van der Waals surface area contributed by atoms with Crippen LogP contribution in [0.4, 0.5) is 13.2 Å². The first kappa shape index (κ1) is 14.8. The van der Waals surface area contributed by atoms with Gasteiger partial charge in [-0.1, -0.05) is 11.6 Å². The molecular formula is C12H13ClF3NO. The molecule has 100 valence electrons. The zero-order valence-corrected chi connectivity index (χ0v) is 10.9. The number of hydroxylamine groups is 1. The van der Waals surface area contributed by atoms with Crippen LogP contribution in [0.1, 0.15) is 31.9 Å². The SMILES string of the molecule is CC(C)(C)/[N+]([O-])=C/c1ccc(C(F)(F)F)cc1Cl. The molecule has 0 bridgehead atoms. The largest absolute Gasteiger partial charge is 0.623 e. The monoisotopic (exact) mass is 279 g/mol. The summed E-state index contributed by atoms with van der Waals surface area (Å²) in [5, 5.41) is 11.5. The van der Waals surface area contributed by atoms with E-state index in [1.54, 1.807) is 20.8 Å². The topological polar surface area (TPSA) is 26.1 Å². The van der Waals surface area contributed by atoms with E-state index in [-0.39, 0.29) is 10.6 Å². The van der Waals surface area contributed by atoms with E-state index in [9.17, 15) is 18.4 Å². The number of nitrogens with zero attached hydrogens (tertiary/aromatic N) is 1. The van der Waals surface area contributed by atoms with Crippen LogP contribution < -0.4 is 0 Å². The van der Waals surface area contributed by atoms with Crippen molar-refractivity contribution < 1.29 is 17.9 Å². The minimum absolute atomic E-state index is 0.102. The molecular weight excluding hydrogens is 267 g/mol. The lowest BCUT2D eigenvalue weighted by Gasteiger charge is -2.18. The molecule has 0 atom stereocenters. The number of hydrogen-bond acceptors (Lipinski definition) is 1. The first-order chi connectivity index (χ1) is 8.01. The van der Waals surface area contributed by atoms with Crippen LogP contribution in [0.5, 0.6) is 0 Å². The molecule has 0 saturated heterocycles. The zero-order valence-electron chi connectivity index (χ0n) is 10.2. The Bertz CT molecular complexity index is 475. The molecule has 0 aromatic heterocycles. The lowest BCUT2D eigenvalue weighted by atomic mass is 10.1. The fourth-order valence-corrected chi connectivity index (χ4v) is 1.36. The Morgan fingerprint density at radius 2 is 1.78 bits per heavy atom. The molecule has 0 saturated carbocycles. The molecule has 0 unspecified atom stereocenters. The normalized spacial score (nSPS) is 13.8. The van der Waals surface area contributed by atoms with Gasteiger partial charge in [-0.15, -0.1) is 0 Å². The molecule has 18 heavy (non-hydrogen) atoms. The van der Waals surface area contributed by atoms with Crippen molar-refractivity contribution in [3.63, 3.8) is 0 Å². The lowest BCUT2D eigenvalue weighted by molar-refractivity contribution is -0.530. The Balaban J connectivity index is 3.16. The first-order valence-electron chi connectivity index (χ1n) is 5.20. The number of rotatable bonds is 1. The molecule has 0 aliphatic heterocycles. The molecule has 0 N–H and O–H groups in total. The average molecular weight is 280 g/mol. The van der Waals surface area contributed by atoms with Gasteiger partial charge >= 0.3 is 6.18 Å². The van der Waals surface area contributed by atoms with Gasteiger partial charge in [-0.25, -0.2) is 4.74 Å². The summed E-state index contributed by atoms with van der Waals surface area (Å²) in [6.07, 6.45) is -3.26. The summed E-state index contributed by atoms with van der Waals surface area (Å²) in [6, 6.07) is 2.89. The minimum atomic E-state index is -4.44. The summed E-state index contributed by atoms with van der Waals surface area (Å²) in [5.41, 5.74) is -1.25. The van der Waals surface area contributed by atoms with Crippen molar-refractivity contribution in [3.8, 4) is 0 Å². The highest BCUT2D eigenvalue weighted by Crippen LogP contribution is 2.31. The summed E-state index contributed by atoms with van der Waals surface area (Å²) in [4.78, 5) is 0. The van der Waals surface area contributed by atoms with Gasteiger partial charge in [-0.3, -0.25) is 0 Å². The minimum Gasteiger partial charge on any atom is -0.623 e. The van der Waals surface area contributed by atoms with E-state index < -0.39 is 17.3 Å². The molecule has 0 aliphatic rings. The zero-order chi connectivity index (χ0) is 14.1. The highest BCUT2D eigenvalue weighted by molar-refractivity contribution is 6.33. The van der Waals surface area contributed by atoms with Crippen molar-refractivity contribution in [2.24, 2.45) is 0 Å². The Labute approximate surface area is 108 Å². The van der Waals surface area contributed by atoms with Gasteiger partial charge in [0.25, 0.3) is 0 Å². The summed E-state index contributed by atoms with van der Waals surface area (Å²) in [7, 11) is 0. The molecule has 0 radical (unpaired) electrons. The maximum absolute atomic E-state index is 12.4. The van der Waals surface area contributed by atoms with Crippen molar-refractivity contribution >= 4 is 17.8 Å². The van der Waals surface area contributed by atoms with E-state index in [1.165, 1.54) is 12.3 Å². The molecule has 6 heteroatoms. The standard InChI is InChI=1S/C12H13ClF3NO/c1-11(2,3)17(18)7-8-4-5-9(6-10(8)13)12(14,15)16/h4-7H,1-3H3/b17-7-. The van der Waals surface area contributed by atoms with Gasteiger partial charge in [0.15, 0.2) is 11.8 Å². The molecule has 1 aromatic rings. The summed E-state index contributed by atoms with van der Waals surface area (Å²) in [6.45, 7) is 5.07. The fraction of sp³-hybridized carbons (Fsp3) is 0.417. The smallest absolute Gasteiger partial charge is 0.416 e. The number of alkyl halides is 3. The number of hydrogen-bond donors (Lipinski definition) is 0. The van der Waals surface area contributed by atoms with Crippen LogP contribution in [-0.2, 0) is 6.18 Å². The first-order valence-corrected chi connectivity index (χ1v) is 5.57. The van der Waals surface area contributed by atoms with Crippen LogP contribution in [0, 0.1) is 5.21 Å². The van der Waals surface area contributed by atoms with Crippen LogP contribution in [0.15, 0.2) is 18.2 Å². The third-order valence-electron chi connectivity index (χ3n) is 2.25. The van der Waals surface area contributed by atoms with Crippen molar-refractivity contribution in [1.82, 2.24) is 0 Å². The lowest BCUT2D eigenvalue weighted by Crippen LogP contribution is -2.29. The van der Waals surface area contributed by atoms with Crippen molar-refractivity contribution in [3.05, 3.63) is 39.6 Å². The summed E-state index contributed by atoms with van der Waals surface area (Å²) >= 11 is 5.73. The van der Waals surface area contributed by atoms with Crippen LogP contribution >= 0.6 is 11.6 Å². The average Bonchev–Trinajstić information content (AvgIpc) is 2.17. The van der Waals surface area contributed by atoms with Crippen LogP contribution in [0.25, 0.3) is 0 Å². The molecule has 0 aliphatic carbocycles. The number of benzene rings is 1. The fourth-order valence-electron chi connectivity index (χ4n) is 1.13. The van der Waals surface area contributed by atoms with Crippen molar-refractivity contribution in [2.45, 2.75) is 32.5 Å². The predicted octanol–water partition coefficient (Wildman–Crippen LogP) is 4.09. The molecule has 1 aromatic carbocycles. The Morgan fingerprint density at radius 1 is 1.22 bits per heavy atom. The van der Waals surface area contributed by atoms with Gasteiger partial charge < -0.3 is 5.21 Å². The van der Waals surface area contributed by atoms with Crippen LogP contribution in [0.2, 0.25) is 5.02 Å². The third-order valence-corrected chi connectivity index (χ3v) is 2.57. The molecule has 0 amide bonds. The second-order valence-corrected chi connectivity index (χ2v) is 5.27. The Morgan fingerprint density at radius 3 is 2.17 bits per heavy atom. The molecule has 2 nitrogen and oxygen atoms in total. The quantitative estimate of drug-likeness (QED) is 0.329. The third kappa shape index (κ3) is 3.63. The molecule has 0 fully saturated rings. The Hall–Kier alpha value is -1.23.